The second-order valence-corrected chi connectivity index (χ2v) is 6.72. The number of piperidine rings is 1. The molecule has 0 amide bonds. The lowest BCUT2D eigenvalue weighted by Crippen LogP contribution is -2.43. The van der Waals surface area contributed by atoms with Crippen molar-refractivity contribution in [3.8, 4) is 0 Å². The minimum atomic E-state index is -0.167. The molecule has 110 valence electrons. The normalized spacial score (nSPS) is 31.4. The van der Waals surface area contributed by atoms with Crippen molar-refractivity contribution in [3.63, 3.8) is 0 Å². The Morgan fingerprint density at radius 1 is 1.10 bits per heavy atom. The van der Waals surface area contributed by atoms with E-state index in [1.54, 1.807) is 0 Å². The predicted molar refractivity (Wildman–Crippen MR) is 82.8 cm³/mol. The average molecular weight is 273 g/mol. The first kappa shape index (κ1) is 14.1. The molecule has 1 N–H and O–H groups in total. The molecule has 0 saturated carbocycles. The second kappa shape index (κ2) is 5.87. The van der Waals surface area contributed by atoms with E-state index in [2.05, 4.69) is 43.1 Å². The van der Waals surface area contributed by atoms with Gasteiger partial charge in [0.25, 0.3) is 0 Å². The Balaban J connectivity index is 1.60. The molecule has 2 nitrogen and oxygen atoms in total. The van der Waals surface area contributed by atoms with Gasteiger partial charge in [0.15, 0.2) is 0 Å². The highest BCUT2D eigenvalue weighted by Gasteiger charge is 2.40. The molecule has 2 aliphatic rings. The molecule has 1 aromatic carbocycles. The minimum Gasteiger partial charge on any atom is -0.392 e. The van der Waals surface area contributed by atoms with E-state index in [4.69, 9.17) is 0 Å². The van der Waals surface area contributed by atoms with Gasteiger partial charge in [-0.2, -0.15) is 0 Å². The van der Waals surface area contributed by atoms with Gasteiger partial charge in [-0.1, -0.05) is 31.2 Å². The standard InChI is InChI=1S/C18H27NO/c1-3-13-4-6-14(7-5-13)10-18(20)15-11-16-8-9-17(12-15)19(16)2/h4-7,15-18,20H,3,8-12H2,1-2H3. The average Bonchev–Trinajstić information content (AvgIpc) is 2.68. The van der Waals surface area contributed by atoms with Crippen molar-refractivity contribution in [2.45, 2.75) is 63.6 Å². The van der Waals surface area contributed by atoms with Gasteiger partial charge in [0.1, 0.15) is 0 Å². The van der Waals surface area contributed by atoms with Crippen molar-refractivity contribution in [2.24, 2.45) is 5.92 Å². The number of fused-ring (bicyclic) bond motifs is 2. The first-order valence-electron chi connectivity index (χ1n) is 8.15. The quantitative estimate of drug-likeness (QED) is 0.911. The van der Waals surface area contributed by atoms with Gasteiger partial charge in [-0.25, -0.2) is 0 Å². The van der Waals surface area contributed by atoms with Crippen LogP contribution in [0.3, 0.4) is 0 Å². The highest BCUT2D eigenvalue weighted by molar-refractivity contribution is 5.23. The van der Waals surface area contributed by atoms with Crippen LogP contribution in [0.2, 0.25) is 0 Å². The molecule has 2 heterocycles. The molecule has 2 bridgehead atoms. The second-order valence-electron chi connectivity index (χ2n) is 6.72. The summed E-state index contributed by atoms with van der Waals surface area (Å²) in [5.74, 6) is 0.495. The van der Waals surface area contributed by atoms with E-state index in [1.165, 1.54) is 36.8 Å². The summed E-state index contributed by atoms with van der Waals surface area (Å²) in [6.45, 7) is 2.18. The monoisotopic (exact) mass is 273 g/mol. The van der Waals surface area contributed by atoms with E-state index in [0.717, 1.165) is 24.9 Å². The maximum atomic E-state index is 10.6. The third kappa shape index (κ3) is 2.77. The SMILES string of the molecule is CCc1ccc(CC(O)C2CC3CCC(C2)N3C)cc1. The molecule has 1 aromatic rings. The Hall–Kier alpha value is -0.860. The largest absolute Gasteiger partial charge is 0.392 e. The van der Waals surface area contributed by atoms with E-state index in [9.17, 15) is 5.11 Å². The number of aryl methyl sites for hydroxylation is 1. The fourth-order valence-electron chi connectivity index (χ4n) is 4.09. The molecular formula is C18H27NO. The number of nitrogens with zero attached hydrogens (tertiary/aromatic N) is 1. The zero-order chi connectivity index (χ0) is 14.1. The third-order valence-electron chi connectivity index (χ3n) is 5.55. The summed E-state index contributed by atoms with van der Waals surface area (Å²) < 4.78 is 0. The summed E-state index contributed by atoms with van der Waals surface area (Å²) in [5, 5.41) is 10.6. The smallest absolute Gasteiger partial charge is 0.0609 e. The minimum absolute atomic E-state index is 0.167. The van der Waals surface area contributed by atoms with Gasteiger partial charge in [0.05, 0.1) is 6.10 Å². The van der Waals surface area contributed by atoms with Crippen molar-refractivity contribution in [2.75, 3.05) is 7.05 Å². The molecule has 0 radical (unpaired) electrons. The van der Waals surface area contributed by atoms with E-state index in [-0.39, 0.29) is 6.10 Å². The molecule has 0 aromatic heterocycles. The molecule has 3 unspecified atom stereocenters. The molecule has 2 saturated heterocycles. The molecule has 3 rings (SSSR count). The maximum absolute atomic E-state index is 10.6. The number of aliphatic hydroxyl groups is 1. The number of aliphatic hydroxyl groups excluding tert-OH is 1. The Bertz CT molecular complexity index is 427. The fraction of sp³-hybridized carbons (Fsp3) is 0.667. The summed E-state index contributed by atoms with van der Waals surface area (Å²) in [6.07, 6.45) is 6.76. The maximum Gasteiger partial charge on any atom is 0.0609 e. The van der Waals surface area contributed by atoms with Gasteiger partial charge in [0.2, 0.25) is 0 Å². The van der Waals surface area contributed by atoms with Crippen LogP contribution in [0.15, 0.2) is 24.3 Å². The van der Waals surface area contributed by atoms with Crippen LogP contribution in [-0.2, 0) is 12.8 Å². The van der Waals surface area contributed by atoms with E-state index in [0.29, 0.717) is 5.92 Å². The van der Waals surface area contributed by atoms with Crippen LogP contribution in [-0.4, -0.2) is 35.2 Å². The summed E-state index contributed by atoms with van der Waals surface area (Å²) in [6, 6.07) is 10.2. The van der Waals surface area contributed by atoms with Crippen LogP contribution in [0, 0.1) is 5.92 Å². The predicted octanol–water partition coefficient (Wildman–Crippen LogP) is 3.03. The van der Waals surface area contributed by atoms with Gasteiger partial charge in [-0.3, -0.25) is 0 Å². The Morgan fingerprint density at radius 3 is 2.20 bits per heavy atom. The molecule has 2 fully saturated rings. The molecule has 0 aliphatic carbocycles. The lowest BCUT2D eigenvalue weighted by Gasteiger charge is -2.38. The van der Waals surface area contributed by atoms with Gasteiger partial charge < -0.3 is 10.0 Å². The molecule has 2 aliphatic heterocycles. The topological polar surface area (TPSA) is 23.5 Å². The van der Waals surface area contributed by atoms with Crippen LogP contribution in [0.25, 0.3) is 0 Å². The molecule has 2 heteroatoms. The first-order valence-corrected chi connectivity index (χ1v) is 8.15. The lowest BCUT2D eigenvalue weighted by atomic mass is 9.84. The van der Waals surface area contributed by atoms with Crippen LogP contribution in [0.4, 0.5) is 0 Å². The van der Waals surface area contributed by atoms with Crippen molar-refractivity contribution in [1.82, 2.24) is 4.90 Å². The summed E-state index contributed by atoms with van der Waals surface area (Å²) in [7, 11) is 2.26. The van der Waals surface area contributed by atoms with Crippen molar-refractivity contribution < 1.29 is 5.11 Å². The van der Waals surface area contributed by atoms with Crippen LogP contribution < -0.4 is 0 Å². The van der Waals surface area contributed by atoms with Crippen molar-refractivity contribution in [1.29, 1.82) is 0 Å². The van der Waals surface area contributed by atoms with Crippen LogP contribution in [0.5, 0.6) is 0 Å². The Labute approximate surface area is 122 Å². The van der Waals surface area contributed by atoms with Gasteiger partial charge in [-0.05, 0) is 62.6 Å². The fourth-order valence-corrected chi connectivity index (χ4v) is 4.09. The van der Waals surface area contributed by atoms with E-state index < -0.39 is 0 Å². The summed E-state index contributed by atoms with van der Waals surface area (Å²) >= 11 is 0. The molecule has 3 atom stereocenters. The highest BCUT2D eigenvalue weighted by atomic mass is 16.3. The van der Waals surface area contributed by atoms with Gasteiger partial charge in [0, 0.05) is 12.1 Å². The Kier molecular flexibility index (Phi) is 4.13. The number of rotatable bonds is 4. The van der Waals surface area contributed by atoms with Crippen LogP contribution in [0.1, 0.15) is 43.7 Å². The number of hydrogen-bond donors (Lipinski definition) is 1. The summed E-state index contributed by atoms with van der Waals surface area (Å²) in [4.78, 5) is 2.54. The van der Waals surface area contributed by atoms with Crippen LogP contribution >= 0.6 is 0 Å². The van der Waals surface area contributed by atoms with Gasteiger partial charge in [-0.15, -0.1) is 0 Å². The lowest BCUT2D eigenvalue weighted by molar-refractivity contribution is 0.0368. The van der Waals surface area contributed by atoms with Gasteiger partial charge >= 0.3 is 0 Å². The van der Waals surface area contributed by atoms with E-state index in [1.807, 2.05) is 0 Å². The van der Waals surface area contributed by atoms with Crippen molar-refractivity contribution >= 4 is 0 Å². The van der Waals surface area contributed by atoms with Crippen molar-refractivity contribution in [3.05, 3.63) is 35.4 Å². The third-order valence-corrected chi connectivity index (χ3v) is 5.55. The zero-order valence-corrected chi connectivity index (χ0v) is 12.8. The molecule has 0 spiro atoms. The number of benzene rings is 1. The highest BCUT2D eigenvalue weighted by Crippen LogP contribution is 2.39. The molecular weight excluding hydrogens is 246 g/mol. The molecule has 20 heavy (non-hydrogen) atoms. The number of hydrogen-bond acceptors (Lipinski definition) is 2. The Morgan fingerprint density at radius 2 is 1.65 bits per heavy atom. The summed E-state index contributed by atoms with van der Waals surface area (Å²) in [5.41, 5.74) is 2.65. The zero-order valence-electron chi connectivity index (χ0n) is 12.8. The first-order chi connectivity index (χ1) is 9.67. The van der Waals surface area contributed by atoms with E-state index >= 15 is 0 Å².